The lowest BCUT2D eigenvalue weighted by molar-refractivity contribution is 0.0515. The Hall–Kier alpha value is -2.45. The van der Waals surface area contributed by atoms with Crippen molar-refractivity contribution >= 4 is 29.1 Å². The van der Waals surface area contributed by atoms with E-state index < -0.39 is 0 Å². The number of ether oxygens (including phenoxy) is 2. The van der Waals surface area contributed by atoms with E-state index in [-0.39, 0.29) is 5.41 Å². The minimum Gasteiger partial charge on any atom is -0.481 e. The van der Waals surface area contributed by atoms with Gasteiger partial charge in [0.25, 0.3) is 0 Å². The second-order valence-corrected chi connectivity index (χ2v) is 8.97. The first-order chi connectivity index (χ1) is 15.7. The molecule has 1 aromatic heterocycles. The number of methoxy groups -OCH3 is 1. The molecule has 4 rings (SSSR count). The predicted octanol–water partition coefficient (Wildman–Crippen LogP) is 3.90. The Morgan fingerprint density at radius 1 is 1.09 bits per heavy atom. The number of benzene rings is 1. The minimum atomic E-state index is -0.00229. The highest BCUT2D eigenvalue weighted by Gasteiger charge is 2.34. The number of hydrogen-bond donors (Lipinski definition) is 2. The number of nitrogens with one attached hydrogen (secondary N) is 2. The lowest BCUT2D eigenvalue weighted by Gasteiger charge is -2.38. The molecule has 0 atom stereocenters. The highest BCUT2D eigenvalue weighted by atomic mass is 32.1. The molecular weight excluding hydrogens is 422 g/mol. The largest absolute Gasteiger partial charge is 0.481 e. The van der Waals surface area contributed by atoms with E-state index in [1.165, 1.54) is 31.2 Å². The maximum atomic E-state index is 5.64. The average Bonchev–Trinajstić information content (AvgIpc) is 3.13. The first-order valence-corrected chi connectivity index (χ1v) is 12.0. The van der Waals surface area contributed by atoms with Crippen molar-refractivity contribution in [1.82, 2.24) is 15.3 Å². The van der Waals surface area contributed by atoms with E-state index in [4.69, 9.17) is 26.7 Å². The Labute approximate surface area is 195 Å². The van der Waals surface area contributed by atoms with Crippen LogP contribution < -0.4 is 20.3 Å². The van der Waals surface area contributed by atoms with Crippen LogP contribution in [0.15, 0.2) is 36.4 Å². The summed E-state index contributed by atoms with van der Waals surface area (Å²) in [6.07, 6.45) is 6.82. The van der Waals surface area contributed by atoms with Gasteiger partial charge in [0, 0.05) is 44.3 Å². The molecule has 7 nitrogen and oxygen atoms in total. The Morgan fingerprint density at radius 3 is 2.50 bits per heavy atom. The highest BCUT2D eigenvalue weighted by Crippen LogP contribution is 2.34. The molecule has 1 aromatic carbocycles. The zero-order valence-electron chi connectivity index (χ0n) is 18.8. The molecule has 2 aliphatic rings. The van der Waals surface area contributed by atoms with Gasteiger partial charge in [-0.15, -0.1) is 0 Å². The minimum absolute atomic E-state index is 0.00229. The maximum Gasteiger partial charge on any atom is 0.234 e. The lowest BCUT2D eigenvalue weighted by Crippen LogP contribution is -2.45. The first kappa shape index (κ1) is 22.7. The summed E-state index contributed by atoms with van der Waals surface area (Å²) in [7, 11) is 1.63. The molecule has 172 valence electrons. The van der Waals surface area contributed by atoms with E-state index >= 15 is 0 Å². The molecule has 8 heteroatoms. The molecule has 2 N–H and O–H groups in total. The van der Waals surface area contributed by atoms with Crippen LogP contribution in [0.3, 0.4) is 0 Å². The molecule has 0 spiro atoms. The van der Waals surface area contributed by atoms with Crippen LogP contribution in [0.2, 0.25) is 0 Å². The molecule has 0 aliphatic carbocycles. The van der Waals surface area contributed by atoms with Crippen LogP contribution in [0.1, 0.15) is 44.1 Å². The average molecular weight is 456 g/mol. The zero-order chi connectivity index (χ0) is 22.2. The van der Waals surface area contributed by atoms with Gasteiger partial charge in [-0.05, 0) is 43.5 Å². The standard InChI is InChI=1S/C24H33N5O2S/c1-30-21-17-20(29-13-7-2-3-8-14-29)26-22(27-21)28-23(32)25-18-24(11-15-31-16-12-24)19-9-5-4-6-10-19/h4-6,9-10,17H,2-3,7-8,11-16,18H2,1H3,(H2,25,26,27,28,32). The molecule has 32 heavy (non-hydrogen) atoms. The molecule has 2 aliphatic heterocycles. The van der Waals surface area contributed by atoms with Crippen LogP contribution in [-0.4, -0.2) is 55.0 Å². The molecule has 0 bridgehead atoms. The van der Waals surface area contributed by atoms with Crippen LogP contribution in [0, 0.1) is 0 Å². The summed E-state index contributed by atoms with van der Waals surface area (Å²) in [5.41, 5.74) is 1.32. The van der Waals surface area contributed by atoms with Gasteiger partial charge >= 0.3 is 0 Å². The highest BCUT2D eigenvalue weighted by molar-refractivity contribution is 7.80. The SMILES string of the molecule is COc1cc(N2CCCCCC2)nc(NC(=S)NCC2(c3ccccc3)CCOCC2)n1. The Morgan fingerprint density at radius 2 is 1.81 bits per heavy atom. The van der Waals surface area contributed by atoms with Gasteiger partial charge in [0.05, 0.1) is 7.11 Å². The third-order valence-electron chi connectivity index (χ3n) is 6.48. The normalized spacial score (nSPS) is 18.5. The van der Waals surface area contributed by atoms with Gasteiger partial charge in [-0.25, -0.2) is 0 Å². The molecule has 3 heterocycles. The van der Waals surface area contributed by atoms with Crippen LogP contribution in [0.25, 0.3) is 0 Å². The van der Waals surface area contributed by atoms with Gasteiger partial charge in [-0.1, -0.05) is 43.2 Å². The van der Waals surface area contributed by atoms with Crippen molar-refractivity contribution in [2.75, 3.05) is 50.2 Å². The first-order valence-electron chi connectivity index (χ1n) is 11.5. The molecule has 2 saturated heterocycles. The fourth-order valence-corrected chi connectivity index (χ4v) is 4.72. The molecular formula is C24H33N5O2S. The fraction of sp³-hybridized carbons (Fsp3) is 0.542. The predicted molar refractivity (Wildman–Crippen MR) is 132 cm³/mol. The van der Waals surface area contributed by atoms with Crippen molar-refractivity contribution in [3.05, 3.63) is 42.0 Å². The zero-order valence-corrected chi connectivity index (χ0v) is 19.6. The number of thiocarbonyl (C=S) groups is 1. The van der Waals surface area contributed by atoms with Crippen molar-refractivity contribution in [3.8, 4) is 5.88 Å². The number of aromatic nitrogens is 2. The van der Waals surface area contributed by atoms with Crippen LogP contribution in [-0.2, 0) is 10.2 Å². The van der Waals surface area contributed by atoms with E-state index in [1.54, 1.807) is 7.11 Å². The van der Waals surface area contributed by atoms with E-state index in [9.17, 15) is 0 Å². The van der Waals surface area contributed by atoms with Gasteiger partial charge in [0.2, 0.25) is 11.8 Å². The van der Waals surface area contributed by atoms with Gasteiger partial charge in [-0.3, -0.25) is 0 Å². The summed E-state index contributed by atoms with van der Waals surface area (Å²) in [5.74, 6) is 1.88. The molecule has 0 radical (unpaired) electrons. The van der Waals surface area contributed by atoms with E-state index in [1.807, 2.05) is 6.07 Å². The smallest absolute Gasteiger partial charge is 0.234 e. The van der Waals surface area contributed by atoms with Crippen molar-refractivity contribution in [1.29, 1.82) is 0 Å². The topological polar surface area (TPSA) is 71.5 Å². The van der Waals surface area contributed by atoms with E-state index in [2.05, 4.69) is 50.8 Å². The van der Waals surface area contributed by atoms with Crippen molar-refractivity contribution < 1.29 is 9.47 Å². The van der Waals surface area contributed by atoms with E-state index in [0.717, 1.165) is 51.5 Å². The van der Waals surface area contributed by atoms with Crippen LogP contribution in [0.4, 0.5) is 11.8 Å². The Bertz CT molecular complexity index is 881. The summed E-state index contributed by atoms with van der Waals surface area (Å²) in [6.45, 7) is 4.26. The van der Waals surface area contributed by atoms with Crippen molar-refractivity contribution in [3.63, 3.8) is 0 Å². The second-order valence-electron chi connectivity index (χ2n) is 8.56. The molecule has 0 unspecified atom stereocenters. The fourth-order valence-electron chi connectivity index (χ4n) is 4.55. The third-order valence-corrected chi connectivity index (χ3v) is 6.72. The summed E-state index contributed by atoms with van der Waals surface area (Å²) >= 11 is 5.62. The van der Waals surface area contributed by atoms with E-state index in [0.29, 0.717) is 16.9 Å². The maximum absolute atomic E-state index is 5.64. The number of anilines is 2. The Kier molecular flexibility index (Phi) is 7.76. The molecule has 0 amide bonds. The van der Waals surface area contributed by atoms with Crippen LogP contribution >= 0.6 is 12.2 Å². The quantitative estimate of drug-likeness (QED) is 0.636. The Balaban J connectivity index is 1.44. The van der Waals surface area contributed by atoms with Gasteiger partial charge in [-0.2, -0.15) is 9.97 Å². The summed E-state index contributed by atoms with van der Waals surface area (Å²) in [4.78, 5) is 11.5. The number of hydrogen-bond acceptors (Lipinski definition) is 6. The second kappa shape index (κ2) is 10.9. The summed E-state index contributed by atoms with van der Waals surface area (Å²) in [6, 6.07) is 12.5. The van der Waals surface area contributed by atoms with Crippen molar-refractivity contribution in [2.45, 2.75) is 43.9 Å². The van der Waals surface area contributed by atoms with Crippen LogP contribution in [0.5, 0.6) is 5.88 Å². The number of nitrogens with zero attached hydrogens (tertiary/aromatic N) is 3. The van der Waals surface area contributed by atoms with Crippen molar-refractivity contribution in [2.24, 2.45) is 0 Å². The van der Waals surface area contributed by atoms with Gasteiger partial charge in [0.15, 0.2) is 5.11 Å². The van der Waals surface area contributed by atoms with Gasteiger partial charge < -0.3 is 25.0 Å². The summed E-state index contributed by atoms with van der Waals surface area (Å²) in [5, 5.41) is 7.11. The molecule has 0 saturated carbocycles. The third kappa shape index (κ3) is 5.66. The lowest BCUT2D eigenvalue weighted by atomic mass is 9.74. The molecule has 2 aromatic rings. The van der Waals surface area contributed by atoms with Gasteiger partial charge in [0.1, 0.15) is 5.82 Å². The monoisotopic (exact) mass is 455 g/mol. The molecule has 2 fully saturated rings. The summed E-state index contributed by atoms with van der Waals surface area (Å²) < 4.78 is 11.1. The number of rotatable bonds is 6.